The van der Waals surface area contributed by atoms with E-state index in [4.69, 9.17) is 18.9 Å². The maximum atomic E-state index is 12.0. The van der Waals surface area contributed by atoms with Crippen LogP contribution in [-0.2, 0) is 9.53 Å². The van der Waals surface area contributed by atoms with Crippen molar-refractivity contribution in [2.45, 2.75) is 64.6 Å². The molecule has 3 rings (SSSR count). The quantitative estimate of drug-likeness (QED) is 0.292. The first-order valence-corrected chi connectivity index (χ1v) is 10.8. The van der Waals surface area contributed by atoms with Gasteiger partial charge < -0.3 is 18.9 Å². The number of hydrogen-bond acceptors (Lipinski definition) is 5. The van der Waals surface area contributed by atoms with Gasteiger partial charge in [-0.2, -0.15) is 0 Å². The lowest BCUT2D eigenvalue weighted by Gasteiger charge is -2.15. The summed E-state index contributed by atoms with van der Waals surface area (Å²) in [5.41, 5.74) is 1.42. The molecular weight excluding hydrogens is 380 g/mol. The first-order valence-electron chi connectivity index (χ1n) is 10.8. The molecule has 162 valence electrons. The van der Waals surface area contributed by atoms with E-state index in [1.54, 1.807) is 31.2 Å². The maximum Gasteiger partial charge on any atom is 0.340 e. The van der Waals surface area contributed by atoms with Crippen LogP contribution < -0.4 is 14.2 Å². The zero-order chi connectivity index (χ0) is 21.3. The highest BCUT2D eigenvalue weighted by molar-refractivity contribution is 5.76. The predicted octanol–water partition coefficient (Wildman–Crippen LogP) is 5.52. The second-order valence-corrected chi connectivity index (χ2v) is 7.97. The number of hydrogen-bond donors (Lipinski definition) is 0. The fourth-order valence-electron chi connectivity index (χ4n) is 3.68. The second-order valence-electron chi connectivity index (χ2n) is 7.97. The van der Waals surface area contributed by atoms with Gasteiger partial charge in [0.05, 0.1) is 6.10 Å². The van der Waals surface area contributed by atoms with Crippen LogP contribution in [0.2, 0.25) is 0 Å². The third-order valence-electron chi connectivity index (χ3n) is 5.18. The van der Waals surface area contributed by atoms with Gasteiger partial charge >= 0.3 is 5.97 Å². The molecule has 1 atom stereocenters. The Morgan fingerprint density at radius 1 is 0.833 bits per heavy atom. The van der Waals surface area contributed by atoms with Crippen LogP contribution in [0.25, 0.3) is 0 Å². The van der Waals surface area contributed by atoms with Crippen molar-refractivity contribution >= 4 is 5.97 Å². The molecular formula is C25H32O5. The zero-order valence-electron chi connectivity index (χ0n) is 18.1. The largest absolute Gasteiger partial charge is 0.490 e. The Morgan fingerprint density at radius 3 is 1.87 bits per heavy atom. The fourth-order valence-corrected chi connectivity index (χ4v) is 3.68. The normalized spacial score (nSPS) is 15.2. The van der Waals surface area contributed by atoms with Crippen LogP contribution in [0.4, 0.5) is 0 Å². The molecule has 0 spiro atoms. The summed E-state index contributed by atoms with van der Waals surface area (Å²) in [7, 11) is 0. The molecule has 1 aliphatic rings. The van der Waals surface area contributed by atoms with Gasteiger partial charge in [-0.15, -0.1) is 0 Å². The molecule has 2 aromatic rings. The van der Waals surface area contributed by atoms with Crippen molar-refractivity contribution in [3.05, 3.63) is 54.1 Å². The third-order valence-corrected chi connectivity index (χ3v) is 5.18. The van der Waals surface area contributed by atoms with Crippen LogP contribution in [0.1, 0.15) is 57.9 Å². The first-order chi connectivity index (χ1) is 14.5. The lowest BCUT2D eigenvalue weighted by molar-refractivity contribution is -0.148. The molecule has 0 N–H and O–H groups in total. The molecule has 0 aliphatic heterocycles. The Bertz CT molecular complexity index is 776. The molecule has 0 bridgehead atoms. The van der Waals surface area contributed by atoms with Gasteiger partial charge in [-0.05, 0) is 81.5 Å². The first kappa shape index (κ1) is 22.2. The standard InChI is InChI=1S/C25H32O5/c1-18(2)29-19(3)25(26)30-24-14-12-23(13-15-24)28-17-16-27-22-10-8-21(9-11-22)20-6-4-5-7-20/h8-15,18-20H,4-7,16-17H2,1-3H3. The molecule has 0 saturated heterocycles. The minimum absolute atomic E-state index is 0.0317. The Balaban J connectivity index is 1.37. The van der Waals surface area contributed by atoms with Crippen molar-refractivity contribution in [2.24, 2.45) is 0 Å². The molecule has 5 nitrogen and oxygen atoms in total. The van der Waals surface area contributed by atoms with Crippen LogP contribution in [0.15, 0.2) is 48.5 Å². The molecule has 1 aliphatic carbocycles. The van der Waals surface area contributed by atoms with E-state index in [0.29, 0.717) is 24.7 Å². The van der Waals surface area contributed by atoms with Crippen molar-refractivity contribution in [2.75, 3.05) is 13.2 Å². The van der Waals surface area contributed by atoms with Gasteiger partial charge in [0.25, 0.3) is 0 Å². The number of ether oxygens (including phenoxy) is 4. The summed E-state index contributed by atoms with van der Waals surface area (Å²) >= 11 is 0. The Morgan fingerprint density at radius 2 is 1.33 bits per heavy atom. The van der Waals surface area contributed by atoms with Crippen molar-refractivity contribution in [3.63, 3.8) is 0 Å². The van der Waals surface area contributed by atoms with Gasteiger partial charge in [0.1, 0.15) is 30.5 Å². The van der Waals surface area contributed by atoms with Gasteiger partial charge in [0.15, 0.2) is 6.10 Å². The van der Waals surface area contributed by atoms with Gasteiger partial charge in [0, 0.05) is 0 Å². The molecule has 1 fully saturated rings. The van der Waals surface area contributed by atoms with Gasteiger partial charge in [-0.3, -0.25) is 0 Å². The SMILES string of the molecule is CC(C)OC(C)C(=O)Oc1ccc(OCCOc2ccc(C3CCCC3)cc2)cc1. The minimum atomic E-state index is -0.606. The molecule has 0 heterocycles. The summed E-state index contributed by atoms with van der Waals surface area (Å²) < 4.78 is 22.2. The molecule has 1 saturated carbocycles. The van der Waals surface area contributed by atoms with Crippen molar-refractivity contribution in [1.29, 1.82) is 0 Å². The maximum absolute atomic E-state index is 12.0. The average molecular weight is 413 g/mol. The summed E-state index contributed by atoms with van der Waals surface area (Å²) in [6.07, 6.45) is 4.65. The molecule has 0 amide bonds. The Hall–Kier alpha value is -2.53. The topological polar surface area (TPSA) is 54.0 Å². The average Bonchev–Trinajstić information content (AvgIpc) is 3.27. The fraction of sp³-hybridized carbons (Fsp3) is 0.480. The van der Waals surface area contributed by atoms with Crippen LogP contribution in [0.3, 0.4) is 0 Å². The van der Waals surface area contributed by atoms with Crippen LogP contribution in [0.5, 0.6) is 17.2 Å². The summed E-state index contributed by atoms with van der Waals surface area (Å²) in [6.45, 7) is 6.34. The molecule has 0 aromatic heterocycles. The summed E-state index contributed by atoms with van der Waals surface area (Å²) in [6, 6.07) is 15.4. The third kappa shape index (κ3) is 6.77. The van der Waals surface area contributed by atoms with Crippen molar-refractivity contribution < 1.29 is 23.7 Å². The van der Waals surface area contributed by atoms with Gasteiger partial charge in [0.2, 0.25) is 0 Å². The van der Waals surface area contributed by atoms with E-state index in [0.717, 1.165) is 11.7 Å². The highest BCUT2D eigenvalue weighted by Gasteiger charge is 2.18. The second kappa shape index (κ2) is 11.0. The molecule has 30 heavy (non-hydrogen) atoms. The van der Waals surface area contributed by atoms with E-state index in [1.807, 2.05) is 26.0 Å². The van der Waals surface area contributed by atoms with Gasteiger partial charge in [-0.1, -0.05) is 25.0 Å². The molecule has 5 heteroatoms. The summed E-state index contributed by atoms with van der Waals surface area (Å²) in [5.74, 6) is 2.33. The van der Waals surface area contributed by atoms with Crippen molar-refractivity contribution in [3.8, 4) is 17.2 Å². The zero-order valence-corrected chi connectivity index (χ0v) is 18.1. The highest BCUT2D eigenvalue weighted by atomic mass is 16.6. The van der Waals surface area contributed by atoms with E-state index in [1.165, 1.54) is 31.2 Å². The van der Waals surface area contributed by atoms with Crippen LogP contribution >= 0.6 is 0 Å². The number of carbonyl (C=O) groups excluding carboxylic acids is 1. The molecule has 0 radical (unpaired) electrons. The van der Waals surface area contributed by atoms with E-state index in [2.05, 4.69) is 12.1 Å². The Kier molecular flexibility index (Phi) is 8.14. The van der Waals surface area contributed by atoms with E-state index < -0.39 is 12.1 Å². The van der Waals surface area contributed by atoms with Crippen molar-refractivity contribution in [1.82, 2.24) is 0 Å². The predicted molar refractivity (Wildman–Crippen MR) is 116 cm³/mol. The lowest BCUT2D eigenvalue weighted by atomic mass is 9.98. The Labute approximate surface area is 179 Å². The number of benzene rings is 2. The van der Waals surface area contributed by atoms with E-state index in [9.17, 15) is 4.79 Å². The molecule has 1 unspecified atom stereocenters. The summed E-state index contributed by atoms with van der Waals surface area (Å²) in [5, 5.41) is 0. The number of esters is 1. The highest BCUT2D eigenvalue weighted by Crippen LogP contribution is 2.34. The number of rotatable bonds is 10. The van der Waals surface area contributed by atoms with E-state index >= 15 is 0 Å². The molecule has 2 aromatic carbocycles. The smallest absolute Gasteiger partial charge is 0.340 e. The summed E-state index contributed by atoms with van der Waals surface area (Å²) in [4.78, 5) is 12.0. The van der Waals surface area contributed by atoms with Crippen LogP contribution in [-0.4, -0.2) is 31.4 Å². The van der Waals surface area contributed by atoms with E-state index in [-0.39, 0.29) is 6.10 Å². The lowest BCUT2D eigenvalue weighted by Crippen LogP contribution is -2.28. The van der Waals surface area contributed by atoms with Crippen LogP contribution in [0, 0.1) is 0 Å². The number of carbonyl (C=O) groups is 1. The van der Waals surface area contributed by atoms with Gasteiger partial charge in [-0.25, -0.2) is 4.79 Å². The monoisotopic (exact) mass is 412 g/mol. The minimum Gasteiger partial charge on any atom is -0.490 e.